The molecule has 3 aromatic rings. The Kier molecular flexibility index (Phi) is 5.41. The summed E-state index contributed by atoms with van der Waals surface area (Å²) >= 11 is 3.49. The van der Waals surface area contributed by atoms with Crippen molar-refractivity contribution in [2.75, 3.05) is 14.2 Å². The number of rotatable bonds is 6. The lowest BCUT2D eigenvalue weighted by molar-refractivity contribution is 0.0775. The molecule has 1 N–H and O–H groups in total. The molecule has 0 aliphatic heterocycles. The van der Waals surface area contributed by atoms with E-state index in [-0.39, 0.29) is 5.91 Å². The number of benzene rings is 1. The van der Waals surface area contributed by atoms with Gasteiger partial charge in [0, 0.05) is 19.2 Å². The number of ether oxygens (including phenoxy) is 1. The average Bonchev–Trinajstić information content (AvgIpc) is 3.29. The van der Waals surface area contributed by atoms with Crippen molar-refractivity contribution in [1.82, 2.24) is 24.9 Å². The summed E-state index contributed by atoms with van der Waals surface area (Å²) in [4.78, 5) is 14.4. The summed E-state index contributed by atoms with van der Waals surface area (Å²) in [6.45, 7) is 3.20. The van der Waals surface area contributed by atoms with Crippen molar-refractivity contribution >= 4 is 21.8 Å². The van der Waals surface area contributed by atoms with Crippen LogP contribution in [-0.2, 0) is 13.1 Å². The zero-order chi connectivity index (χ0) is 18.7. The molecule has 1 aromatic carbocycles. The Morgan fingerprint density at radius 1 is 1.38 bits per heavy atom. The number of amides is 1. The molecule has 0 saturated heterocycles. The molecule has 136 valence electrons. The van der Waals surface area contributed by atoms with Crippen molar-refractivity contribution in [3.63, 3.8) is 0 Å². The van der Waals surface area contributed by atoms with Crippen molar-refractivity contribution in [3.8, 4) is 17.0 Å². The van der Waals surface area contributed by atoms with Crippen LogP contribution in [0.1, 0.15) is 23.1 Å². The lowest BCUT2D eigenvalue weighted by Crippen LogP contribution is -2.28. The Morgan fingerprint density at radius 2 is 2.19 bits per heavy atom. The van der Waals surface area contributed by atoms with Gasteiger partial charge in [0.2, 0.25) is 0 Å². The van der Waals surface area contributed by atoms with E-state index < -0.39 is 0 Å². The van der Waals surface area contributed by atoms with Crippen LogP contribution < -0.4 is 4.74 Å². The lowest BCUT2D eigenvalue weighted by Gasteiger charge is -2.17. The van der Waals surface area contributed by atoms with Crippen molar-refractivity contribution < 1.29 is 9.53 Å². The van der Waals surface area contributed by atoms with Crippen LogP contribution in [0, 0.1) is 0 Å². The fourth-order valence-electron chi connectivity index (χ4n) is 2.68. The second-order valence-corrected chi connectivity index (χ2v) is 6.67. The van der Waals surface area contributed by atoms with E-state index in [2.05, 4.69) is 31.2 Å². The minimum Gasteiger partial charge on any atom is -0.497 e. The van der Waals surface area contributed by atoms with Crippen LogP contribution >= 0.6 is 15.9 Å². The maximum atomic E-state index is 12.7. The van der Waals surface area contributed by atoms with E-state index >= 15 is 0 Å². The fourth-order valence-corrected chi connectivity index (χ4v) is 3.10. The predicted molar refractivity (Wildman–Crippen MR) is 102 cm³/mol. The molecule has 0 saturated carbocycles. The van der Waals surface area contributed by atoms with Gasteiger partial charge < -0.3 is 9.64 Å². The molecule has 0 bridgehead atoms. The molecule has 0 radical (unpaired) electrons. The van der Waals surface area contributed by atoms with Crippen molar-refractivity contribution in [2.24, 2.45) is 0 Å². The van der Waals surface area contributed by atoms with Gasteiger partial charge in [-0.05, 0) is 41.1 Å². The second-order valence-electron chi connectivity index (χ2n) is 5.81. The number of halogens is 1. The highest BCUT2D eigenvalue weighted by atomic mass is 79.9. The number of aromatic nitrogens is 4. The molecular formula is C18H20BrN5O2. The molecule has 0 unspecified atom stereocenters. The first-order valence-electron chi connectivity index (χ1n) is 8.19. The van der Waals surface area contributed by atoms with Gasteiger partial charge in [-0.25, -0.2) is 0 Å². The predicted octanol–water partition coefficient (Wildman–Crippen LogP) is 3.34. The van der Waals surface area contributed by atoms with Gasteiger partial charge in [-0.2, -0.15) is 10.2 Å². The van der Waals surface area contributed by atoms with Crippen LogP contribution in [0.15, 0.2) is 41.0 Å². The van der Waals surface area contributed by atoms with Crippen LogP contribution in [0.4, 0.5) is 0 Å². The summed E-state index contributed by atoms with van der Waals surface area (Å²) in [5.74, 6) is 0.607. The van der Waals surface area contributed by atoms with Crippen molar-refractivity contribution in [1.29, 1.82) is 0 Å². The Morgan fingerprint density at radius 3 is 2.92 bits per heavy atom. The Labute approximate surface area is 160 Å². The molecule has 7 nitrogen and oxygen atoms in total. The minimum absolute atomic E-state index is 0.137. The molecule has 2 aromatic heterocycles. The molecule has 0 fully saturated rings. The van der Waals surface area contributed by atoms with Crippen molar-refractivity contribution in [3.05, 3.63) is 52.4 Å². The summed E-state index contributed by atoms with van der Waals surface area (Å²) in [6.07, 6.45) is 1.74. The van der Waals surface area contributed by atoms with E-state index in [4.69, 9.17) is 4.74 Å². The van der Waals surface area contributed by atoms with E-state index in [0.29, 0.717) is 17.9 Å². The highest BCUT2D eigenvalue weighted by Crippen LogP contribution is 2.23. The van der Waals surface area contributed by atoms with E-state index in [0.717, 1.165) is 28.0 Å². The van der Waals surface area contributed by atoms with Crippen LogP contribution in [0.2, 0.25) is 0 Å². The highest BCUT2D eigenvalue weighted by Gasteiger charge is 2.18. The van der Waals surface area contributed by atoms with Gasteiger partial charge in [0.25, 0.3) is 5.91 Å². The third-order valence-corrected chi connectivity index (χ3v) is 4.77. The molecule has 8 heteroatoms. The van der Waals surface area contributed by atoms with Crippen LogP contribution in [-0.4, -0.2) is 44.9 Å². The van der Waals surface area contributed by atoms with Crippen LogP contribution in [0.25, 0.3) is 11.3 Å². The van der Waals surface area contributed by atoms with Crippen LogP contribution in [0.5, 0.6) is 5.75 Å². The SMILES string of the molecule is CCn1ncc(Br)c1CN(C)C(=O)c1cc(-c2cccc(OC)c2)n[nH]1. The highest BCUT2D eigenvalue weighted by molar-refractivity contribution is 9.10. The normalized spacial score (nSPS) is 10.8. The lowest BCUT2D eigenvalue weighted by atomic mass is 10.1. The maximum Gasteiger partial charge on any atom is 0.271 e. The van der Waals surface area contributed by atoms with Gasteiger partial charge in [-0.15, -0.1) is 0 Å². The first-order chi connectivity index (χ1) is 12.5. The molecule has 0 aliphatic rings. The first kappa shape index (κ1) is 18.2. The van der Waals surface area contributed by atoms with Gasteiger partial charge in [0.15, 0.2) is 0 Å². The molecule has 3 rings (SSSR count). The zero-order valence-electron chi connectivity index (χ0n) is 14.9. The van der Waals surface area contributed by atoms with Crippen molar-refractivity contribution in [2.45, 2.75) is 20.0 Å². The van der Waals surface area contributed by atoms with E-state index in [9.17, 15) is 4.79 Å². The van der Waals surface area contributed by atoms with Gasteiger partial charge in [0.05, 0.1) is 35.7 Å². The fraction of sp³-hybridized carbons (Fsp3) is 0.278. The number of carbonyl (C=O) groups is 1. The average molecular weight is 418 g/mol. The molecule has 0 aliphatic carbocycles. The summed E-state index contributed by atoms with van der Waals surface area (Å²) < 4.78 is 7.99. The number of aryl methyl sites for hydroxylation is 1. The number of nitrogens with zero attached hydrogens (tertiary/aromatic N) is 4. The Balaban J connectivity index is 1.78. The first-order valence-corrected chi connectivity index (χ1v) is 8.98. The van der Waals surface area contributed by atoms with Gasteiger partial charge in [-0.3, -0.25) is 14.6 Å². The number of carbonyl (C=O) groups excluding carboxylic acids is 1. The topological polar surface area (TPSA) is 76.0 Å². The minimum atomic E-state index is -0.137. The summed E-state index contributed by atoms with van der Waals surface area (Å²) in [6, 6.07) is 9.31. The zero-order valence-corrected chi connectivity index (χ0v) is 16.4. The second kappa shape index (κ2) is 7.74. The molecule has 2 heterocycles. The van der Waals surface area contributed by atoms with E-state index in [1.807, 2.05) is 35.9 Å². The largest absolute Gasteiger partial charge is 0.497 e. The molecule has 0 atom stereocenters. The smallest absolute Gasteiger partial charge is 0.271 e. The van der Waals surface area contributed by atoms with Gasteiger partial charge >= 0.3 is 0 Å². The number of hydrogen-bond acceptors (Lipinski definition) is 4. The standard InChI is InChI=1S/C18H20BrN5O2/c1-4-24-17(14(19)10-20-24)11-23(2)18(25)16-9-15(21-22-16)12-6-5-7-13(8-12)26-3/h5-10H,4,11H2,1-3H3,(H,21,22). The number of hydrogen-bond donors (Lipinski definition) is 1. The van der Waals surface area contributed by atoms with E-state index in [1.54, 1.807) is 31.3 Å². The molecule has 26 heavy (non-hydrogen) atoms. The van der Waals surface area contributed by atoms with Gasteiger partial charge in [-0.1, -0.05) is 12.1 Å². The third kappa shape index (κ3) is 3.65. The molecule has 0 spiro atoms. The summed E-state index contributed by atoms with van der Waals surface area (Å²) in [5, 5.41) is 11.4. The van der Waals surface area contributed by atoms with Gasteiger partial charge in [0.1, 0.15) is 11.4 Å². The Hall–Kier alpha value is -2.61. The maximum absolute atomic E-state index is 12.7. The van der Waals surface area contributed by atoms with E-state index in [1.165, 1.54) is 0 Å². The summed E-state index contributed by atoms with van der Waals surface area (Å²) in [5.41, 5.74) is 2.97. The monoisotopic (exact) mass is 417 g/mol. The number of H-pyrrole nitrogens is 1. The van der Waals surface area contributed by atoms with Crippen LogP contribution in [0.3, 0.4) is 0 Å². The molecule has 1 amide bonds. The Bertz CT molecular complexity index is 918. The molecular weight excluding hydrogens is 398 g/mol. The number of nitrogens with one attached hydrogen (secondary N) is 1. The third-order valence-electron chi connectivity index (χ3n) is 4.10. The quantitative estimate of drug-likeness (QED) is 0.666. The summed E-state index contributed by atoms with van der Waals surface area (Å²) in [7, 11) is 3.38. The number of methoxy groups -OCH3 is 1. The number of aromatic amines is 1.